The van der Waals surface area contributed by atoms with E-state index in [1.54, 1.807) is 0 Å². The zero-order chi connectivity index (χ0) is 14.3. The van der Waals surface area contributed by atoms with E-state index in [0.29, 0.717) is 0 Å². The van der Waals surface area contributed by atoms with Crippen LogP contribution in [-0.2, 0) is 4.79 Å². The van der Waals surface area contributed by atoms with Crippen LogP contribution in [0.4, 0.5) is 0 Å². The van der Waals surface area contributed by atoms with Gasteiger partial charge in [0.2, 0.25) is 5.91 Å². The molecule has 0 heterocycles. The summed E-state index contributed by atoms with van der Waals surface area (Å²) >= 11 is 3.98. The average Bonchev–Trinajstić information content (AvgIpc) is 2.46. The fourth-order valence-corrected chi connectivity index (χ4v) is 1.84. The largest absolute Gasteiger partial charge is 0.394 e. The van der Waals surface area contributed by atoms with Crippen LogP contribution < -0.4 is 11.1 Å². The number of rotatable bonds is 7. The van der Waals surface area contributed by atoms with Gasteiger partial charge in [0, 0.05) is 5.75 Å². The molecule has 0 fully saturated rings. The molecule has 0 aliphatic rings. The second-order valence-corrected chi connectivity index (χ2v) is 4.70. The molecule has 0 aliphatic carbocycles. The zero-order valence-corrected chi connectivity index (χ0v) is 11.5. The number of thiol groups is 1. The topological polar surface area (TPSA) is 95.6 Å². The van der Waals surface area contributed by atoms with Crippen LogP contribution >= 0.6 is 12.6 Å². The van der Waals surface area contributed by atoms with Crippen LogP contribution in [0, 0.1) is 0 Å². The molecule has 0 saturated carbocycles. The van der Waals surface area contributed by atoms with Gasteiger partial charge in [-0.2, -0.15) is 12.6 Å². The number of nitrogens with two attached hydrogens (primary N) is 1. The predicted molar refractivity (Wildman–Crippen MR) is 76.9 cm³/mol. The summed E-state index contributed by atoms with van der Waals surface area (Å²) in [5.41, 5.74) is 6.46. The number of carbonyl (C=O) groups excluding carboxylic acids is 1. The first-order valence-corrected chi connectivity index (χ1v) is 6.72. The first-order valence-electron chi connectivity index (χ1n) is 6.09. The van der Waals surface area contributed by atoms with Gasteiger partial charge in [-0.3, -0.25) is 4.79 Å². The van der Waals surface area contributed by atoms with E-state index in [0.717, 1.165) is 5.56 Å². The van der Waals surface area contributed by atoms with Gasteiger partial charge in [-0.15, -0.1) is 0 Å². The maximum atomic E-state index is 11.8. The van der Waals surface area contributed by atoms with Gasteiger partial charge in [-0.1, -0.05) is 30.3 Å². The van der Waals surface area contributed by atoms with Crippen molar-refractivity contribution in [2.24, 2.45) is 5.73 Å². The Morgan fingerprint density at radius 3 is 2.53 bits per heavy atom. The number of amides is 1. The average molecular weight is 284 g/mol. The summed E-state index contributed by atoms with van der Waals surface area (Å²) in [4.78, 5) is 11.8. The lowest BCUT2D eigenvalue weighted by Crippen LogP contribution is -2.44. The standard InChI is InChI=1S/C13H20N2O3S/c14-11(8-19)13(18)15-12(6-10(17)7-16)9-4-2-1-3-5-9/h1-5,10-12,16-17,19H,6-8,14H2,(H,15,18)/t10?,11-,12?/m0/s1. The molecule has 0 bridgehead atoms. The number of benzene rings is 1. The smallest absolute Gasteiger partial charge is 0.238 e. The van der Waals surface area contributed by atoms with Crippen LogP contribution in [0.5, 0.6) is 0 Å². The second-order valence-electron chi connectivity index (χ2n) is 4.33. The molecule has 3 atom stereocenters. The minimum atomic E-state index is -0.891. The molecule has 5 nitrogen and oxygen atoms in total. The third-order valence-corrected chi connectivity index (χ3v) is 3.16. The third kappa shape index (κ3) is 5.20. The molecule has 1 rings (SSSR count). The molecule has 0 saturated heterocycles. The van der Waals surface area contributed by atoms with Crippen molar-refractivity contribution in [3.05, 3.63) is 35.9 Å². The molecule has 0 aromatic heterocycles. The second kappa shape index (κ2) is 8.16. The Labute approximate surface area is 118 Å². The predicted octanol–water partition coefficient (Wildman–Crippen LogP) is -0.156. The SMILES string of the molecule is N[C@@H](CS)C(=O)NC(CC(O)CO)c1ccccc1. The molecular weight excluding hydrogens is 264 g/mol. The molecule has 6 heteroatoms. The highest BCUT2D eigenvalue weighted by atomic mass is 32.1. The fourth-order valence-electron chi connectivity index (χ4n) is 1.67. The summed E-state index contributed by atoms with van der Waals surface area (Å²) < 4.78 is 0. The Morgan fingerprint density at radius 1 is 1.37 bits per heavy atom. The summed E-state index contributed by atoms with van der Waals surface area (Å²) in [6.45, 7) is -0.349. The maximum Gasteiger partial charge on any atom is 0.238 e. The van der Waals surface area contributed by atoms with Crippen LogP contribution in [0.25, 0.3) is 0 Å². The normalized spacial score (nSPS) is 15.6. The van der Waals surface area contributed by atoms with E-state index in [9.17, 15) is 9.90 Å². The van der Waals surface area contributed by atoms with Crippen LogP contribution in [0.2, 0.25) is 0 Å². The van der Waals surface area contributed by atoms with Crippen LogP contribution in [0.3, 0.4) is 0 Å². The number of aliphatic hydroxyl groups excluding tert-OH is 2. The molecule has 1 aromatic carbocycles. The van der Waals surface area contributed by atoms with E-state index in [-0.39, 0.29) is 30.7 Å². The van der Waals surface area contributed by atoms with Crippen LogP contribution in [0.15, 0.2) is 30.3 Å². The minimum Gasteiger partial charge on any atom is -0.394 e. The van der Waals surface area contributed by atoms with Crippen molar-refractivity contribution in [2.45, 2.75) is 24.6 Å². The van der Waals surface area contributed by atoms with E-state index >= 15 is 0 Å². The molecule has 1 aromatic rings. The quantitative estimate of drug-likeness (QED) is 0.450. The summed E-state index contributed by atoms with van der Waals surface area (Å²) in [6, 6.07) is 8.17. The van der Waals surface area contributed by atoms with Gasteiger partial charge in [0.1, 0.15) is 0 Å². The van der Waals surface area contributed by atoms with Gasteiger partial charge in [-0.05, 0) is 12.0 Å². The van der Waals surface area contributed by atoms with Gasteiger partial charge in [-0.25, -0.2) is 0 Å². The number of hydrogen-bond donors (Lipinski definition) is 5. The van der Waals surface area contributed by atoms with Crippen molar-refractivity contribution in [3.63, 3.8) is 0 Å². The molecule has 106 valence electrons. The number of aliphatic hydroxyl groups is 2. The Kier molecular flexibility index (Phi) is 6.86. The fraction of sp³-hybridized carbons (Fsp3) is 0.462. The van der Waals surface area contributed by atoms with Crippen LogP contribution in [-0.4, -0.2) is 40.6 Å². The van der Waals surface area contributed by atoms with Gasteiger partial charge in [0.05, 0.1) is 24.8 Å². The zero-order valence-electron chi connectivity index (χ0n) is 10.6. The maximum absolute atomic E-state index is 11.8. The van der Waals surface area contributed by atoms with Crippen molar-refractivity contribution in [1.29, 1.82) is 0 Å². The van der Waals surface area contributed by atoms with E-state index < -0.39 is 12.1 Å². The van der Waals surface area contributed by atoms with Crippen molar-refractivity contribution in [3.8, 4) is 0 Å². The minimum absolute atomic E-state index is 0.228. The summed E-state index contributed by atoms with van der Waals surface area (Å²) in [5.74, 6) is -0.0791. The monoisotopic (exact) mass is 284 g/mol. The van der Waals surface area contributed by atoms with Crippen molar-refractivity contribution in [1.82, 2.24) is 5.32 Å². The summed E-state index contributed by atoms with van der Waals surface area (Å²) in [7, 11) is 0. The van der Waals surface area contributed by atoms with E-state index in [4.69, 9.17) is 10.8 Å². The Morgan fingerprint density at radius 2 is 2.00 bits per heavy atom. The van der Waals surface area contributed by atoms with Crippen molar-refractivity contribution in [2.75, 3.05) is 12.4 Å². The van der Waals surface area contributed by atoms with Gasteiger partial charge >= 0.3 is 0 Å². The molecule has 2 unspecified atom stereocenters. The number of nitrogens with one attached hydrogen (secondary N) is 1. The van der Waals surface area contributed by atoms with Gasteiger partial charge in [0.25, 0.3) is 0 Å². The van der Waals surface area contributed by atoms with Crippen molar-refractivity contribution >= 4 is 18.5 Å². The number of carbonyl (C=O) groups is 1. The highest BCUT2D eigenvalue weighted by molar-refractivity contribution is 7.80. The van der Waals surface area contributed by atoms with E-state index in [1.165, 1.54) is 0 Å². The first kappa shape index (κ1) is 16.0. The van der Waals surface area contributed by atoms with Crippen molar-refractivity contribution < 1.29 is 15.0 Å². The first-order chi connectivity index (χ1) is 9.08. The summed E-state index contributed by atoms with van der Waals surface area (Å²) in [6.07, 6.45) is -0.663. The Hall–Kier alpha value is -1.08. The van der Waals surface area contributed by atoms with Crippen LogP contribution in [0.1, 0.15) is 18.0 Å². The molecule has 19 heavy (non-hydrogen) atoms. The number of hydrogen-bond acceptors (Lipinski definition) is 5. The lowest BCUT2D eigenvalue weighted by Gasteiger charge is -2.22. The molecule has 5 N–H and O–H groups in total. The highest BCUT2D eigenvalue weighted by Crippen LogP contribution is 2.18. The van der Waals surface area contributed by atoms with E-state index in [1.807, 2.05) is 30.3 Å². The molecular formula is C13H20N2O3S. The van der Waals surface area contributed by atoms with Gasteiger partial charge < -0.3 is 21.3 Å². The lowest BCUT2D eigenvalue weighted by atomic mass is 10.0. The molecule has 1 amide bonds. The van der Waals surface area contributed by atoms with Gasteiger partial charge in [0.15, 0.2) is 0 Å². The Balaban J connectivity index is 2.78. The Bertz CT molecular complexity index is 389. The summed E-state index contributed by atoms with van der Waals surface area (Å²) in [5, 5.41) is 21.2. The highest BCUT2D eigenvalue weighted by Gasteiger charge is 2.20. The third-order valence-electron chi connectivity index (χ3n) is 2.77. The molecule has 0 spiro atoms. The molecule has 0 radical (unpaired) electrons. The molecule has 0 aliphatic heterocycles. The lowest BCUT2D eigenvalue weighted by molar-refractivity contribution is -0.122. The van der Waals surface area contributed by atoms with E-state index in [2.05, 4.69) is 17.9 Å².